The van der Waals surface area contributed by atoms with Gasteiger partial charge in [0.15, 0.2) is 0 Å². The summed E-state index contributed by atoms with van der Waals surface area (Å²) in [5.74, 6) is -0.0157. The van der Waals surface area contributed by atoms with Gasteiger partial charge in [0.05, 0.1) is 7.11 Å². The fourth-order valence-corrected chi connectivity index (χ4v) is 2.13. The van der Waals surface area contributed by atoms with Crippen molar-refractivity contribution in [2.45, 2.75) is 39.3 Å². The number of nitrogens with one attached hydrogen (secondary N) is 1. The van der Waals surface area contributed by atoms with Crippen molar-refractivity contribution in [3.8, 4) is 0 Å². The molecule has 3 nitrogen and oxygen atoms in total. The lowest BCUT2D eigenvalue weighted by atomic mass is 10.0. The van der Waals surface area contributed by atoms with E-state index in [0.29, 0.717) is 0 Å². The molecule has 106 valence electrons. The van der Waals surface area contributed by atoms with Gasteiger partial charge in [0, 0.05) is 11.1 Å². The molecule has 1 aromatic carbocycles. The van der Waals surface area contributed by atoms with Crippen LogP contribution in [-0.2, 0) is 16.0 Å². The number of benzene rings is 1. The molecule has 0 aromatic heterocycles. The first-order valence-corrected chi connectivity index (χ1v) is 6.90. The van der Waals surface area contributed by atoms with Gasteiger partial charge in [-0.15, -0.1) is 0 Å². The van der Waals surface area contributed by atoms with Crippen molar-refractivity contribution in [3.05, 3.63) is 34.9 Å². The number of carbonyl (C=O) groups excluding carboxylic acids is 1. The first-order valence-electron chi connectivity index (χ1n) is 6.52. The number of esters is 1. The van der Waals surface area contributed by atoms with E-state index in [2.05, 4.69) is 12.2 Å². The van der Waals surface area contributed by atoms with Crippen molar-refractivity contribution in [2.75, 3.05) is 7.11 Å². The SMILES string of the molecule is COC(=O)C(NC(C)Cc1ccc(Cl)cc1)C(C)C. The van der Waals surface area contributed by atoms with Crippen LogP contribution in [0.4, 0.5) is 0 Å². The molecule has 0 saturated heterocycles. The Morgan fingerprint density at radius 2 is 1.84 bits per heavy atom. The Morgan fingerprint density at radius 1 is 1.26 bits per heavy atom. The van der Waals surface area contributed by atoms with Gasteiger partial charge in [0.25, 0.3) is 0 Å². The first kappa shape index (κ1) is 16.0. The lowest BCUT2D eigenvalue weighted by molar-refractivity contribution is -0.144. The summed E-state index contributed by atoms with van der Waals surface area (Å²) >= 11 is 5.86. The van der Waals surface area contributed by atoms with Crippen LogP contribution in [0.1, 0.15) is 26.3 Å². The van der Waals surface area contributed by atoms with Crippen molar-refractivity contribution < 1.29 is 9.53 Å². The lowest BCUT2D eigenvalue weighted by Gasteiger charge is -2.24. The second-order valence-corrected chi connectivity index (χ2v) is 5.58. The summed E-state index contributed by atoms with van der Waals surface area (Å²) in [5.41, 5.74) is 1.19. The minimum absolute atomic E-state index is 0.188. The van der Waals surface area contributed by atoms with E-state index in [4.69, 9.17) is 16.3 Å². The van der Waals surface area contributed by atoms with Crippen molar-refractivity contribution in [2.24, 2.45) is 5.92 Å². The van der Waals surface area contributed by atoms with Gasteiger partial charge >= 0.3 is 5.97 Å². The molecule has 0 aliphatic carbocycles. The summed E-state index contributed by atoms with van der Waals surface area (Å²) in [6.07, 6.45) is 0.845. The normalized spacial score (nSPS) is 14.2. The zero-order chi connectivity index (χ0) is 14.4. The van der Waals surface area contributed by atoms with Crippen molar-refractivity contribution >= 4 is 17.6 Å². The highest BCUT2D eigenvalue weighted by molar-refractivity contribution is 6.30. The molecule has 0 saturated carbocycles. The fourth-order valence-electron chi connectivity index (χ4n) is 2.00. The third-order valence-corrected chi connectivity index (χ3v) is 3.29. The van der Waals surface area contributed by atoms with E-state index >= 15 is 0 Å². The summed E-state index contributed by atoms with van der Waals surface area (Å²) in [6, 6.07) is 7.68. The molecule has 0 bridgehead atoms. The van der Waals surface area contributed by atoms with Crippen LogP contribution in [0, 0.1) is 5.92 Å². The second-order valence-electron chi connectivity index (χ2n) is 5.14. The molecule has 0 amide bonds. The third-order valence-electron chi connectivity index (χ3n) is 3.04. The highest BCUT2D eigenvalue weighted by Crippen LogP contribution is 2.12. The van der Waals surface area contributed by atoms with Crippen LogP contribution in [0.15, 0.2) is 24.3 Å². The van der Waals surface area contributed by atoms with E-state index in [1.165, 1.54) is 12.7 Å². The number of methoxy groups -OCH3 is 1. The highest BCUT2D eigenvalue weighted by atomic mass is 35.5. The molecule has 0 heterocycles. The number of hydrogen-bond acceptors (Lipinski definition) is 3. The molecule has 1 aromatic rings. The Hall–Kier alpha value is -1.06. The van der Waals surface area contributed by atoms with Gasteiger partial charge in [-0.2, -0.15) is 0 Å². The average Bonchev–Trinajstić information content (AvgIpc) is 2.37. The Morgan fingerprint density at radius 3 is 2.32 bits per heavy atom. The average molecular weight is 284 g/mol. The lowest BCUT2D eigenvalue weighted by Crippen LogP contribution is -2.46. The summed E-state index contributed by atoms with van der Waals surface area (Å²) < 4.78 is 4.82. The van der Waals surface area contributed by atoms with Gasteiger partial charge in [-0.3, -0.25) is 4.79 Å². The molecular weight excluding hydrogens is 262 g/mol. The van der Waals surface area contributed by atoms with Crippen molar-refractivity contribution in [1.82, 2.24) is 5.32 Å². The molecule has 0 fully saturated rings. The molecule has 0 aliphatic heterocycles. The molecule has 4 heteroatoms. The van der Waals surface area contributed by atoms with Gasteiger partial charge in [0.2, 0.25) is 0 Å². The topological polar surface area (TPSA) is 38.3 Å². The molecule has 1 N–H and O–H groups in total. The number of halogens is 1. The smallest absolute Gasteiger partial charge is 0.323 e. The van der Waals surface area contributed by atoms with Gasteiger partial charge in [-0.05, 0) is 37.0 Å². The molecule has 19 heavy (non-hydrogen) atoms. The second kappa shape index (κ2) is 7.51. The van der Waals surface area contributed by atoms with Crippen LogP contribution < -0.4 is 5.32 Å². The van der Waals surface area contributed by atoms with E-state index in [0.717, 1.165) is 11.4 Å². The van der Waals surface area contributed by atoms with E-state index in [1.54, 1.807) is 0 Å². The van der Waals surface area contributed by atoms with E-state index in [-0.39, 0.29) is 24.0 Å². The van der Waals surface area contributed by atoms with Crippen molar-refractivity contribution in [3.63, 3.8) is 0 Å². The van der Waals surface area contributed by atoms with E-state index in [9.17, 15) is 4.79 Å². The standard InChI is InChI=1S/C15H22ClNO2/c1-10(2)14(15(18)19-4)17-11(3)9-12-5-7-13(16)8-6-12/h5-8,10-11,14,17H,9H2,1-4H3. The zero-order valence-corrected chi connectivity index (χ0v) is 12.7. The summed E-state index contributed by atoms with van der Waals surface area (Å²) in [5, 5.41) is 4.06. The summed E-state index contributed by atoms with van der Waals surface area (Å²) in [7, 11) is 1.42. The molecule has 2 unspecified atom stereocenters. The van der Waals surface area contributed by atoms with Crippen LogP contribution >= 0.6 is 11.6 Å². The zero-order valence-electron chi connectivity index (χ0n) is 11.9. The van der Waals surface area contributed by atoms with Crippen molar-refractivity contribution in [1.29, 1.82) is 0 Å². The Balaban J connectivity index is 2.59. The Labute approximate surface area is 120 Å². The van der Waals surface area contributed by atoms with Crippen LogP contribution in [0.5, 0.6) is 0 Å². The van der Waals surface area contributed by atoms with Gasteiger partial charge < -0.3 is 10.1 Å². The first-order chi connectivity index (χ1) is 8.93. The van der Waals surface area contributed by atoms with Crippen LogP contribution in [0.3, 0.4) is 0 Å². The Kier molecular flexibility index (Phi) is 6.32. The maximum atomic E-state index is 11.7. The molecule has 2 atom stereocenters. The van der Waals surface area contributed by atoms with E-state index in [1.807, 2.05) is 38.1 Å². The summed E-state index contributed by atoms with van der Waals surface area (Å²) in [6.45, 7) is 6.07. The number of ether oxygens (including phenoxy) is 1. The van der Waals surface area contributed by atoms with Crippen LogP contribution in [-0.4, -0.2) is 25.2 Å². The number of hydrogen-bond donors (Lipinski definition) is 1. The number of rotatable bonds is 6. The minimum atomic E-state index is -0.271. The molecule has 0 radical (unpaired) electrons. The molecule has 0 spiro atoms. The summed E-state index contributed by atoms with van der Waals surface area (Å²) in [4.78, 5) is 11.7. The third kappa shape index (κ3) is 5.21. The Bertz CT molecular complexity index is 403. The van der Waals surface area contributed by atoms with Crippen LogP contribution in [0.25, 0.3) is 0 Å². The largest absolute Gasteiger partial charge is 0.468 e. The van der Waals surface area contributed by atoms with E-state index < -0.39 is 0 Å². The predicted molar refractivity (Wildman–Crippen MR) is 78.4 cm³/mol. The van der Waals surface area contributed by atoms with Gasteiger partial charge in [-0.1, -0.05) is 37.6 Å². The highest BCUT2D eigenvalue weighted by Gasteiger charge is 2.24. The minimum Gasteiger partial charge on any atom is -0.468 e. The number of carbonyl (C=O) groups is 1. The monoisotopic (exact) mass is 283 g/mol. The van der Waals surface area contributed by atoms with Crippen LogP contribution in [0.2, 0.25) is 5.02 Å². The van der Waals surface area contributed by atoms with Gasteiger partial charge in [-0.25, -0.2) is 0 Å². The fraction of sp³-hybridized carbons (Fsp3) is 0.533. The quantitative estimate of drug-likeness (QED) is 0.816. The molecular formula is C15H22ClNO2. The molecule has 1 rings (SSSR count). The maximum Gasteiger partial charge on any atom is 0.323 e. The maximum absolute atomic E-state index is 11.7. The molecule has 0 aliphatic rings. The van der Waals surface area contributed by atoms with Gasteiger partial charge in [0.1, 0.15) is 6.04 Å². The predicted octanol–water partition coefficient (Wildman–Crippen LogP) is 3.06.